The minimum absolute atomic E-state index is 0.324. The van der Waals surface area contributed by atoms with E-state index in [1.54, 1.807) is 17.4 Å². The highest BCUT2D eigenvalue weighted by Crippen LogP contribution is 2.28. The number of alkyl halides is 1. The summed E-state index contributed by atoms with van der Waals surface area (Å²) in [6.07, 6.45) is 0. The van der Waals surface area contributed by atoms with E-state index >= 15 is 0 Å². The van der Waals surface area contributed by atoms with Crippen molar-refractivity contribution in [2.24, 2.45) is 0 Å². The van der Waals surface area contributed by atoms with Crippen molar-refractivity contribution in [1.29, 1.82) is 0 Å². The maximum absolute atomic E-state index is 13.6. The van der Waals surface area contributed by atoms with Gasteiger partial charge in [0.25, 0.3) is 0 Å². The van der Waals surface area contributed by atoms with Gasteiger partial charge in [0.2, 0.25) is 0 Å². The van der Waals surface area contributed by atoms with Crippen LogP contribution in [0.5, 0.6) is 5.75 Å². The number of para-hydroxylation sites is 1. The summed E-state index contributed by atoms with van der Waals surface area (Å²) in [6, 6.07) is 6.89. The molecule has 0 aliphatic rings. The summed E-state index contributed by atoms with van der Waals surface area (Å²) in [7, 11) is 0. The average molecular weight is 380 g/mol. The Morgan fingerprint density at radius 1 is 1.29 bits per heavy atom. The predicted molar refractivity (Wildman–Crippen MR) is 75.4 cm³/mol. The molecule has 17 heavy (non-hydrogen) atoms. The Morgan fingerprint density at radius 2 is 2.12 bits per heavy atom. The van der Waals surface area contributed by atoms with Gasteiger partial charge in [-0.3, -0.25) is 0 Å². The van der Waals surface area contributed by atoms with Gasteiger partial charge in [-0.2, -0.15) is 0 Å². The van der Waals surface area contributed by atoms with Crippen LogP contribution in [0.1, 0.15) is 10.4 Å². The van der Waals surface area contributed by atoms with Crippen LogP contribution in [0, 0.1) is 5.82 Å². The van der Waals surface area contributed by atoms with Gasteiger partial charge in [-0.1, -0.05) is 28.1 Å². The Balaban J connectivity index is 2.16. The van der Waals surface area contributed by atoms with Crippen LogP contribution < -0.4 is 4.74 Å². The van der Waals surface area contributed by atoms with Crippen molar-refractivity contribution in [2.75, 3.05) is 0 Å². The first-order valence-electron chi connectivity index (χ1n) is 4.90. The second-order valence-electron chi connectivity index (χ2n) is 3.34. The van der Waals surface area contributed by atoms with Crippen molar-refractivity contribution in [3.63, 3.8) is 0 Å². The summed E-state index contributed by atoms with van der Waals surface area (Å²) in [4.78, 5) is 1.05. The standard InChI is InChI=1S/C12H9Br2FOS/c13-6-8-2-1-3-10(15)12(8)16-7-11-9(14)4-5-17-11/h1-5H,6-7H2. The van der Waals surface area contributed by atoms with E-state index < -0.39 is 0 Å². The molecule has 0 spiro atoms. The van der Waals surface area contributed by atoms with Crippen LogP contribution in [0.3, 0.4) is 0 Å². The Morgan fingerprint density at radius 3 is 2.76 bits per heavy atom. The van der Waals surface area contributed by atoms with E-state index in [1.165, 1.54) is 6.07 Å². The lowest BCUT2D eigenvalue weighted by atomic mass is 10.2. The molecule has 0 amide bonds. The van der Waals surface area contributed by atoms with E-state index in [-0.39, 0.29) is 5.82 Å². The molecule has 5 heteroatoms. The normalized spacial score (nSPS) is 10.5. The third-order valence-corrected chi connectivity index (χ3v) is 4.74. The van der Waals surface area contributed by atoms with Crippen LogP contribution in [-0.2, 0) is 11.9 Å². The summed E-state index contributed by atoms with van der Waals surface area (Å²) in [6.45, 7) is 0.374. The number of rotatable bonds is 4. The number of thiophene rings is 1. The SMILES string of the molecule is Fc1cccc(CBr)c1OCc1sccc1Br. The first-order chi connectivity index (χ1) is 8.22. The first kappa shape index (κ1) is 13.1. The molecule has 1 aromatic carbocycles. The molecular formula is C12H9Br2FOS. The second-order valence-corrected chi connectivity index (χ2v) is 5.76. The van der Waals surface area contributed by atoms with E-state index in [2.05, 4.69) is 31.9 Å². The summed E-state index contributed by atoms with van der Waals surface area (Å²) >= 11 is 8.33. The van der Waals surface area contributed by atoms with Gasteiger partial charge in [-0.15, -0.1) is 11.3 Å². The maximum atomic E-state index is 13.6. The highest BCUT2D eigenvalue weighted by atomic mass is 79.9. The zero-order valence-electron chi connectivity index (χ0n) is 8.75. The number of ether oxygens (including phenoxy) is 1. The molecular weight excluding hydrogens is 371 g/mol. The third kappa shape index (κ3) is 3.09. The van der Waals surface area contributed by atoms with Crippen molar-refractivity contribution in [3.05, 3.63) is 50.4 Å². The van der Waals surface area contributed by atoms with Gasteiger partial charge in [0.05, 0.1) is 4.88 Å². The van der Waals surface area contributed by atoms with Crippen molar-refractivity contribution in [1.82, 2.24) is 0 Å². The molecule has 0 saturated heterocycles. The third-order valence-electron chi connectivity index (χ3n) is 2.23. The first-order valence-corrected chi connectivity index (χ1v) is 7.70. The van der Waals surface area contributed by atoms with Crippen LogP contribution in [0.25, 0.3) is 0 Å². The van der Waals surface area contributed by atoms with E-state index in [0.29, 0.717) is 17.7 Å². The van der Waals surface area contributed by atoms with Gasteiger partial charge in [0, 0.05) is 15.4 Å². The van der Waals surface area contributed by atoms with Gasteiger partial charge >= 0.3 is 0 Å². The van der Waals surface area contributed by atoms with Crippen LogP contribution >= 0.6 is 43.2 Å². The molecule has 0 saturated carbocycles. The van der Waals surface area contributed by atoms with Gasteiger partial charge < -0.3 is 4.74 Å². The Labute approximate surface area is 120 Å². The van der Waals surface area contributed by atoms with Crippen molar-refractivity contribution in [2.45, 2.75) is 11.9 Å². The van der Waals surface area contributed by atoms with Gasteiger partial charge in [0.1, 0.15) is 6.61 Å². The fourth-order valence-corrected chi connectivity index (χ4v) is 3.21. The highest BCUT2D eigenvalue weighted by molar-refractivity contribution is 9.10. The lowest BCUT2D eigenvalue weighted by Crippen LogP contribution is -1.99. The van der Waals surface area contributed by atoms with E-state index in [1.807, 2.05) is 17.5 Å². The Kier molecular flexibility index (Phi) is 4.59. The number of halogens is 3. The molecule has 0 aliphatic heterocycles. The lowest BCUT2D eigenvalue weighted by Gasteiger charge is -2.10. The van der Waals surface area contributed by atoms with E-state index in [4.69, 9.17) is 4.74 Å². The number of hydrogen-bond acceptors (Lipinski definition) is 2. The van der Waals surface area contributed by atoms with Crippen LogP contribution in [0.2, 0.25) is 0 Å². The second kappa shape index (κ2) is 5.98. The molecule has 90 valence electrons. The fourth-order valence-electron chi connectivity index (χ4n) is 1.39. The molecule has 1 nitrogen and oxygen atoms in total. The molecule has 0 fully saturated rings. The molecule has 0 unspecified atom stereocenters. The van der Waals surface area contributed by atoms with E-state index in [9.17, 15) is 4.39 Å². The number of benzene rings is 1. The topological polar surface area (TPSA) is 9.23 Å². The molecule has 0 radical (unpaired) electrons. The average Bonchev–Trinajstić information content (AvgIpc) is 2.73. The van der Waals surface area contributed by atoms with Crippen LogP contribution in [0.4, 0.5) is 4.39 Å². The smallest absolute Gasteiger partial charge is 0.165 e. The predicted octanol–water partition coefficient (Wildman–Crippen LogP) is 5.12. The monoisotopic (exact) mass is 378 g/mol. The summed E-state index contributed by atoms with van der Waals surface area (Å²) in [5.41, 5.74) is 0.817. The molecule has 1 aromatic heterocycles. The highest BCUT2D eigenvalue weighted by Gasteiger charge is 2.10. The molecule has 0 bridgehead atoms. The van der Waals surface area contributed by atoms with Crippen molar-refractivity contribution < 1.29 is 9.13 Å². The van der Waals surface area contributed by atoms with E-state index in [0.717, 1.165) is 14.9 Å². The minimum Gasteiger partial charge on any atom is -0.485 e. The zero-order valence-corrected chi connectivity index (χ0v) is 12.7. The Bertz CT molecular complexity index is 513. The molecule has 2 rings (SSSR count). The number of hydrogen-bond donors (Lipinski definition) is 0. The van der Waals surface area contributed by atoms with Gasteiger partial charge in [0.15, 0.2) is 11.6 Å². The maximum Gasteiger partial charge on any atom is 0.165 e. The minimum atomic E-state index is -0.324. The molecule has 2 aromatic rings. The molecule has 1 heterocycles. The molecule has 0 atom stereocenters. The largest absolute Gasteiger partial charge is 0.485 e. The Hall–Kier alpha value is -0.390. The zero-order chi connectivity index (χ0) is 12.3. The summed E-state index contributed by atoms with van der Waals surface area (Å²) < 4.78 is 20.2. The summed E-state index contributed by atoms with van der Waals surface area (Å²) in [5.74, 6) is -0.000645. The summed E-state index contributed by atoms with van der Waals surface area (Å²) in [5, 5.41) is 2.54. The molecule has 0 N–H and O–H groups in total. The van der Waals surface area contributed by atoms with Gasteiger partial charge in [-0.05, 0) is 33.4 Å². The van der Waals surface area contributed by atoms with Gasteiger partial charge in [-0.25, -0.2) is 4.39 Å². The van der Waals surface area contributed by atoms with Crippen molar-refractivity contribution in [3.8, 4) is 5.75 Å². The van der Waals surface area contributed by atoms with Crippen molar-refractivity contribution >= 4 is 43.2 Å². The van der Waals surface area contributed by atoms with Crippen LogP contribution in [0.15, 0.2) is 34.1 Å². The van der Waals surface area contributed by atoms with Crippen LogP contribution in [-0.4, -0.2) is 0 Å². The quantitative estimate of drug-likeness (QED) is 0.669. The molecule has 0 aliphatic carbocycles. The lowest BCUT2D eigenvalue weighted by molar-refractivity contribution is 0.290. The fraction of sp³-hybridized carbons (Fsp3) is 0.167.